The van der Waals surface area contributed by atoms with Crippen LogP contribution < -0.4 is 0 Å². The standard InChI is InChI=1S/C25H21F8NO5S.C21H21NO5S.CH4/c1-3-4-5-6-7-8-10-15-13-14-18-19-16(15)11-9-12-17(19)20(35)34(21(18)36)39-40(37,38)25(32,33)24(30,31)23(28,29)22(2,26)27;1-3-4-5-6-7-8-10-15-13-14-18-19-16(15)11-9-12-17(19)20(23)22(21(18)24)27-28(2,25)26;/h9,11-14H,3-7H2,1-2H3;9,11-14H,3-7H2,1-2H3;1H4. The van der Waals surface area contributed by atoms with Crippen LogP contribution in [0.25, 0.3) is 21.5 Å². The van der Waals surface area contributed by atoms with Crippen LogP contribution in [-0.2, 0) is 28.8 Å². The lowest BCUT2D eigenvalue weighted by molar-refractivity contribution is -0.344. The molecule has 2 aliphatic heterocycles. The number of hydrogen-bond acceptors (Lipinski definition) is 10. The minimum Gasteiger partial charge on any atom is -0.266 e. The summed E-state index contributed by atoms with van der Waals surface area (Å²) in [5.74, 6) is -12.9. The van der Waals surface area contributed by atoms with Gasteiger partial charge in [0.1, 0.15) is 0 Å². The number of imide groups is 2. The predicted molar refractivity (Wildman–Crippen MR) is 238 cm³/mol. The lowest BCUT2D eigenvalue weighted by atomic mass is 9.92. The molecule has 0 bridgehead atoms. The predicted octanol–water partition coefficient (Wildman–Crippen LogP) is 10.8. The number of carbonyl (C=O) groups is 4. The molecule has 0 unspecified atom stereocenters. The summed E-state index contributed by atoms with van der Waals surface area (Å²) in [5, 5.41) is -6.24. The molecule has 0 N–H and O–H groups in total. The molecule has 4 aromatic carbocycles. The highest BCUT2D eigenvalue weighted by Gasteiger charge is 2.84. The molecule has 69 heavy (non-hydrogen) atoms. The fourth-order valence-corrected chi connectivity index (χ4v) is 8.27. The van der Waals surface area contributed by atoms with Crippen LogP contribution in [0.1, 0.15) is 145 Å². The summed E-state index contributed by atoms with van der Waals surface area (Å²) < 4.78 is 165. The number of carbonyl (C=O) groups excluding carboxylic acids is 4. The van der Waals surface area contributed by atoms with Crippen molar-refractivity contribution in [1.29, 1.82) is 0 Å². The Morgan fingerprint density at radius 2 is 0.913 bits per heavy atom. The van der Waals surface area contributed by atoms with Crippen molar-refractivity contribution in [2.75, 3.05) is 6.26 Å². The monoisotopic (exact) mass is 1010 g/mol. The Balaban J connectivity index is 0.000000314. The van der Waals surface area contributed by atoms with Gasteiger partial charge >= 0.3 is 33.1 Å². The van der Waals surface area contributed by atoms with E-state index in [1.165, 1.54) is 31.0 Å². The number of hydroxylamine groups is 4. The van der Waals surface area contributed by atoms with E-state index in [-0.39, 0.29) is 29.3 Å². The highest BCUT2D eigenvalue weighted by atomic mass is 32.2. The largest absolute Gasteiger partial charge is 0.440 e. The molecule has 0 fully saturated rings. The quantitative estimate of drug-likeness (QED) is 0.0457. The van der Waals surface area contributed by atoms with Gasteiger partial charge in [0.15, 0.2) is 0 Å². The van der Waals surface area contributed by atoms with E-state index in [9.17, 15) is 71.1 Å². The smallest absolute Gasteiger partial charge is 0.266 e. The average Bonchev–Trinajstić information content (AvgIpc) is 3.26. The van der Waals surface area contributed by atoms with Crippen molar-refractivity contribution in [3.63, 3.8) is 0 Å². The second-order valence-corrected chi connectivity index (χ2v) is 18.8. The zero-order chi connectivity index (χ0) is 50.6. The second kappa shape index (κ2) is 21.4. The van der Waals surface area contributed by atoms with Gasteiger partial charge in [-0.2, -0.15) is 52.0 Å². The van der Waals surface area contributed by atoms with Gasteiger partial charge in [0.25, 0.3) is 33.7 Å². The molecule has 0 aromatic heterocycles. The van der Waals surface area contributed by atoms with Crippen molar-refractivity contribution in [3.05, 3.63) is 94.0 Å². The molecule has 4 amide bonds. The first kappa shape index (κ1) is 55.7. The first-order valence-corrected chi connectivity index (χ1v) is 24.1. The van der Waals surface area contributed by atoms with Crippen LogP contribution in [-0.4, -0.2) is 79.9 Å². The minimum atomic E-state index is -7.36. The zero-order valence-corrected chi connectivity index (χ0v) is 38.3. The van der Waals surface area contributed by atoms with E-state index in [4.69, 9.17) is 0 Å². The van der Waals surface area contributed by atoms with E-state index >= 15 is 0 Å². The number of unbranched alkanes of at least 4 members (excludes halogenated alkanes) is 8. The van der Waals surface area contributed by atoms with Gasteiger partial charge in [0.05, 0.1) is 28.5 Å². The number of nitrogens with zero attached hydrogens (tertiary/aromatic N) is 2. The van der Waals surface area contributed by atoms with Gasteiger partial charge in [-0.3, -0.25) is 19.2 Å². The van der Waals surface area contributed by atoms with Crippen LogP contribution >= 0.6 is 0 Å². The molecule has 6 rings (SSSR count). The van der Waals surface area contributed by atoms with E-state index in [0.29, 0.717) is 27.8 Å². The van der Waals surface area contributed by atoms with Gasteiger partial charge < -0.3 is 0 Å². The van der Waals surface area contributed by atoms with Crippen molar-refractivity contribution in [3.8, 4) is 23.7 Å². The van der Waals surface area contributed by atoms with Gasteiger partial charge in [-0.1, -0.05) is 108 Å². The van der Waals surface area contributed by atoms with Crippen molar-refractivity contribution in [2.24, 2.45) is 0 Å². The first-order valence-electron chi connectivity index (χ1n) is 20.9. The maximum atomic E-state index is 14.3. The summed E-state index contributed by atoms with van der Waals surface area (Å²) >= 11 is 0. The Bertz CT molecular complexity index is 2980. The number of alkyl halides is 8. The molecule has 22 heteroatoms. The lowest BCUT2D eigenvalue weighted by Gasteiger charge is -2.35. The van der Waals surface area contributed by atoms with E-state index in [1.54, 1.807) is 30.3 Å². The number of benzene rings is 4. The van der Waals surface area contributed by atoms with Crippen LogP contribution in [0.15, 0.2) is 60.7 Å². The lowest BCUT2D eigenvalue weighted by Crippen LogP contribution is -2.64. The fourth-order valence-electron chi connectivity index (χ4n) is 6.99. The number of halogens is 8. The first-order chi connectivity index (χ1) is 31.7. The highest BCUT2D eigenvalue weighted by molar-refractivity contribution is 7.87. The van der Waals surface area contributed by atoms with Crippen molar-refractivity contribution < 1.29 is 79.7 Å². The molecule has 0 atom stereocenters. The van der Waals surface area contributed by atoms with E-state index in [2.05, 4.69) is 39.2 Å². The number of amides is 4. The number of hydrogen-bond donors (Lipinski definition) is 0. The summed E-state index contributed by atoms with van der Waals surface area (Å²) in [5.41, 5.74) is 0.523. The molecule has 372 valence electrons. The van der Waals surface area contributed by atoms with Gasteiger partial charge in [0, 0.05) is 41.7 Å². The highest BCUT2D eigenvalue weighted by Crippen LogP contribution is 2.54. The Morgan fingerprint density at radius 1 is 0.536 bits per heavy atom. The summed E-state index contributed by atoms with van der Waals surface area (Å²) in [6.45, 7) is 3.37. The summed E-state index contributed by atoms with van der Waals surface area (Å²) in [6.07, 6.45) is 10.5. The van der Waals surface area contributed by atoms with Crippen LogP contribution in [0.3, 0.4) is 0 Å². The Morgan fingerprint density at radius 3 is 1.28 bits per heavy atom. The molecule has 2 heterocycles. The zero-order valence-electron chi connectivity index (χ0n) is 36.7. The van der Waals surface area contributed by atoms with Gasteiger partial charge in [-0.15, -0.1) is 18.7 Å². The fraction of sp³-hybridized carbons (Fsp3) is 0.404. The molecular formula is C47H46F8N2O10S2. The maximum absolute atomic E-state index is 14.3. The summed E-state index contributed by atoms with van der Waals surface area (Å²) in [4.78, 5) is 51.0. The van der Waals surface area contributed by atoms with Gasteiger partial charge in [0.2, 0.25) is 0 Å². The molecule has 12 nitrogen and oxygen atoms in total. The van der Waals surface area contributed by atoms with Crippen molar-refractivity contribution in [1.82, 2.24) is 10.1 Å². The van der Waals surface area contributed by atoms with E-state index in [0.717, 1.165) is 68.9 Å². The molecule has 0 saturated carbocycles. The van der Waals surface area contributed by atoms with Crippen LogP contribution in [0.2, 0.25) is 0 Å². The third-order valence-electron chi connectivity index (χ3n) is 10.5. The molecule has 0 aliphatic carbocycles. The summed E-state index contributed by atoms with van der Waals surface area (Å²) in [6, 6.07) is 14.4. The third-order valence-corrected chi connectivity index (χ3v) is 12.2. The van der Waals surface area contributed by atoms with Gasteiger partial charge in [-0.05, 0) is 60.0 Å². The van der Waals surface area contributed by atoms with Crippen LogP contribution in [0.5, 0.6) is 0 Å². The Kier molecular flexibility index (Phi) is 17.2. The number of rotatable bonds is 16. The van der Waals surface area contributed by atoms with Crippen LogP contribution in [0, 0.1) is 23.7 Å². The Hall–Kier alpha value is -5.94. The Labute approximate surface area is 393 Å². The van der Waals surface area contributed by atoms with Crippen LogP contribution in [0.4, 0.5) is 35.1 Å². The molecule has 0 radical (unpaired) electrons. The second-order valence-electron chi connectivity index (χ2n) is 15.7. The minimum absolute atomic E-state index is 0. The van der Waals surface area contributed by atoms with Gasteiger partial charge in [-0.25, -0.2) is 0 Å². The molecular weight excluding hydrogens is 969 g/mol. The molecule has 0 saturated heterocycles. The van der Waals surface area contributed by atoms with E-state index in [1.807, 2.05) is 6.92 Å². The average molecular weight is 1020 g/mol. The molecule has 4 aromatic rings. The van der Waals surface area contributed by atoms with Crippen molar-refractivity contribution >= 4 is 65.4 Å². The third kappa shape index (κ3) is 11.1. The SMILES string of the molecule is C.CCCCCCC#Cc1ccc2c3c(cccc13)C(=O)N(OS(=O)(=O)C(F)(F)C(F)(F)C(F)(F)C(C)(F)F)C2=O.CCCCCCC#Cc1ccc2c3c(cccc13)C(=O)N(OS(C)(=O)=O)C2=O. The topological polar surface area (TPSA) is 161 Å². The maximum Gasteiger partial charge on any atom is 0.440 e. The van der Waals surface area contributed by atoms with E-state index < -0.39 is 90.0 Å². The normalized spacial score (nSPS) is 14.1. The molecule has 0 spiro atoms. The van der Waals surface area contributed by atoms with Crippen molar-refractivity contribution in [2.45, 2.75) is 115 Å². The molecule has 2 aliphatic rings. The summed E-state index contributed by atoms with van der Waals surface area (Å²) in [7, 11) is -11.4.